The van der Waals surface area contributed by atoms with E-state index in [4.69, 9.17) is 4.74 Å². The maximum atomic E-state index is 11.7. The minimum absolute atomic E-state index is 0.212. The summed E-state index contributed by atoms with van der Waals surface area (Å²) in [6, 6.07) is 0. The van der Waals surface area contributed by atoms with Crippen molar-refractivity contribution in [2.75, 3.05) is 6.61 Å². The monoisotopic (exact) mass is 264 g/mol. The van der Waals surface area contributed by atoms with Gasteiger partial charge < -0.3 is 4.74 Å². The molecule has 0 N–H and O–H groups in total. The van der Waals surface area contributed by atoms with Crippen LogP contribution in [0.4, 0.5) is 0 Å². The van der Waals surface area contributed by atoms with E-state index >= 15 is 0 Å². The molecule has 0 bridgehead atoms. The van der Waals surface area contributed by atoms with Crippen LogP contribution < -0.4 is 0 Å². The number of carbonyl (C=O) groups excluding carboxylic acids is 1. The van der Waals surface area contributed by atoms with Crippen molar-refractivity contribution in [1.29, 1.82) is 0 Å². The van der Waals surface area contributed by atoms with Crippen LogP contribution in [0.25, 0.3) is 0 Å². The Hall–Kier alpha value is -1.05. The van der Waals surface area contributed by atoms with Gasteiger partial charge in [0, 0.05) is 6.08 Å². The van der Waals surface area contributed by atoms with Crippen molar-refractivity contribution in [3.63, 3.8) is 0 Å². The van der Waals surface area contributed by atoms with Gasteiger partial charge in [0.2, 0.25) is 0 Å². The summed E-state index contributed by atoms with van der Waals surface area (Å²) < 4.78 is 5.05. The first-order valence-electron chi connectivity index (χ1n) is 7.40. The second kappa shape index (κ2) is 6.40. The highest BCUT2D eigenvalue weighted by atomic mass is 16.5. The van der Waals surface area contributed by atoms with Crippen molar-refractivity contribution in [3.05, 3.63) is 22.8 Å². The van der Waals surface area contributed by atoms with Gasteiger partial charge in [-0.25, -0.2) is 4.79 Å². The van der Waals surface area contributed by atoms with Crippen LogP contribution in [-0.2, 0) is 9.53 Å². The normalized spacial score (nSPS) is 25.8. The van der Waals surface area contributed by atoms with Crippen molar-refractivity contribution >= 4 is 5.97 Å². The highest BCUT2D eigenvalue weighted by Gasteiger charge is 2.37. The first kappa shape index (κ1) is 16.0. The minimum Gasteiger partial charge on any atom is -0.463 e. The molecule has 108 valence electrons. The molecule has 0 radical (unpaired) electrons. The average molecular weight is 264 g/mol. The Morgan fingerprint density at radius 2 is 1.89 bits per heavy atom. The predicted octanol–water partition coefficient (Wildman–Crippen LogP) is 4.37. The van der Waals surface area contributed by atoms with Gasteiger partial charge in [-0.2, -0.15) is 0 Å². The van der Waals surface area contributed by atoms with E-state index in [2.05, 4.69) is 41.5 Å². The Bertz CT molecular complexity index is 399. The van der Waals surface area contributed by atoms with E-state index in [1.807, 2.05) is 6.92 Å². The Morgan fingerprint density at radius 1 is 1.32 bits per heavy atom. The molecule has 2 nitrogen and oxygen atoms in total. The molecule has 0 aromatic heterocycles. The molecule has 0 aromatic carbocycles. The molecular weight excluding hydrogens is 236 g/mol. The van der Waals surface area contributed by atoms with E-state index in [1.54, 1.807) is 6.08 Å². The van der Waals surface area contributed by atoms with Crippen LogP contribution in [0.1, 0.15) is 48.5 Å². The van der Waals surface area contributed by atoms with Gasteiger partial charge >= 0.3 is 5.97 Å². The van der Waals surface area contributed by atoms with E-state index < -0.39 is 0 Å². The quantitative estimate of drug-likeness (QED) is 0.556. The largest absolute Gasteiger partial charge is 0.463 e. The summed E-state index contributed by atoms with van der Waals surface area (Å²) in [5.41, 5.74) is 3.98. The first-order valence-corrected chi connectivity index (χ1v) is 7.40. The summed E-state index contributed by atoms with van der Waals surface area (Å²) in [7, 11) is 0. The molecule has 0 aliphatic heterocycles. The van der Waals surface area contributed by atoms with Crippen LogP contribution in [0.15, 0.2) is 22.8 Å². The van der Waals surface area contributed by atoms with Crippen molar-refractivity contribution < 1.29 is 9.53 Å². The SMILES string of the molecule is CCOC(=O)/C=C1/C(C)=C(C(C)C)[C@@H](C(C)C)[C@@H]1C. The topological polar surface area (TPSA) is 26.3 Å². The zero-order valence-corrected chi connectivity index (χ0v) is 13.4. The van der Waals surface area contributed by atoms with E-state index in [9.17, 15) is 4.79 Å². The molecule has 0 saturated heterocycles. The molecule has 0 aromatic rings. The van der Waals surface area contributed by atoms with Crippen LogP contribution in [0.3, 0.4) is 0 Å². The third-order valence-corrected chi connectivity index (χ3v) is 4.15. The lowest BCUT2D eigenvalue weighted by atomic mass is 9.78. The van der Waals surface area contributed by atoms with E-state index in [0.29, 0.717) is 30.3 Å². The second-order valence-electron chi connectivity index (χ2n) is 6.15. The molecule has 0 spiro atoms. The van der Waals surface area contributed by atoms with Crippen LogP contribution in [0, 0.1) is 23.7 Å². The van der Waals surface area contributed by atoms with Gasteiger partial charge in [-0.15, -0.1) is 0 Å². The van der Waals surface area contributed by atoms with Gasteiger partial charge in [0.05, 0.1) is 6.61 Å². The maximum absolute atomic E-state index is 11.7. The zero-order valence-electron chi connectivity index (χ0n) is 13.4. The summed E-state index contributed by atoms with van der Waals surface area (Å²) in [5.74, 6) is 1.86. The lowest BCUT2D eigenvalue weighted by molar-refractivity contribution is -0.137. The van der Waals surface area contributed by atoms with E-state index in [0.717, 1.165) is 0 Å². The van der Waals surface area contributed by atoms with Gasteiger partial charge in [0.1, 0.15) is 0 Å². The Morgan fingerprint density at radius 3 is 2.26 bits per heavy atom. The van der Waals surface area contributed by atoms with E-state index in [-0.39, 0.29) is 5.97 Å². The fourth-order valence-corrected chi connectivity index (χ4v) is 3.53. The molecule has 1 aliphatic carbocycles. The third kappa shape index (κ3) is 3.29. The van der Waals surface area contributed by atoms with Crippen molar-refractivity contribution in [2.24, 2.45) is 23.7 Å². The number of esters is 1. The number of carbonyl (C=O) groups is 1. The molecule has 0 saturated carbocycles. The second-order valence-corrected chi connectivity index (χ2v) is 6.15. The molecule has 0 unspecified atom stereocenters. The first-order chi connectivity index (χ1) is 8.81. The summed E-state index contributed by atoms with van der Waals surface area (Å²) in [6.07, 6.45) is 1.70. The molecule has 2 atom stereocenters. The Labute approximate surface area is 117 Å². The average Bonchev–Trinajstić information content (AvgIpc) is 2.53. The van der Waals surface area contributed by atoms with Crippen LogP contribution >= 0.6 is 0 Å². The Balaban J connectivity index is 3.18. The molecule has 0 heterocycles. The van der Waals surface area contributed by atoms with Crippen LogP contribution in [0.5, 0.6) is 0 Å². The fourth-order valence-electron chi connectivity index (χ4n) is 3.53. The summed E-state index contributed by atoms with van der Waals surface area (Å²) in [4.78, 5) is 11.7. The van der Waals surface area contributed by atoms with Crippen LogP contribution in [-0.4, -0.2) is 12.6 Å². The van der Waals surface area contributed by atoms with Crippen molar-refractivity contribution in [2.45, 2.75) is 48.5 Å². The smallest absolute Gasteiger partial charge is 0.331 e. The number of ether oxygens (including phenoxy) is 1. The van der Waals surface area contributed by atoms with E-state index in [1.165, 1.54) is 16.7 Å². The summed E-state index contributed by atoms with van der Waals surface area (Å²) in [5, 5.41) is 0. The van der Waals surface area contributed by atoms with Gasteiger partial charge in [-0.1, -0.05) is 40.2 Å². The van der Waals surface area contributed by atoms with Crippen molar-refractivity contribution in [1.82, 2.24) is 0 Å². The highest BCUT2D eigenvalue weighted by molar-refractivity contribution is 5.84. The maximum Gasteiger partial charge on any atom is 0.331 e. The van der Waals surface area contributed by atoms with Crippen molar-refractivity contribution in [3.8, 4) is 0 Å². The third-order valence-electron chi connectivity index (χ3n) is 4.15. The van der Waals surface area contributed by atoms with Gasteiger partial charge in [-0.3, -0.25) is 0 Å². The molecule has 1 aliphatic rings. The predicted molar refractivity (Wildman–Crippen MR) is 79.7 cm³/mol. The van der Waals surface area contributed by atoms with Gasteiger partial charge in [0.15, 0.2) is 0 Å². The van der Waals surface area contributed by atoms with Crippen LogP contribution in [0.2, 0.25) is 0 Å². The lowest BCUT2D eigenvalue weighted by Crippen LogP contribution is -2.18. The molecule has 0 amide bonds. The molecule has 1 rings (SSSR count). The molecule has 19 heavy (non-hydrogen) atoms. The number of hydrogen-bond donors (Lipinski definition) is 0. The number of hydrogen-bond acceptors (Lipinski definition) is 2. The molecular formula is C17H28O2. The minimum atomic E-state index is -0.212. The molecule has 2 heteroatoms. The summed E-state index contributed by atoms with van der Waals surface area (Å²) >= 11 is 0. The fraction of sp³-hybridized carbons (Fsp3) is 0.706. The highest BCUT2D eigenvalue weighted by Crippen LogP contribution is 2.47. The standard InChI is InChI=1S/C17H28O2/c1-8-19-15(18)9-14-12(6)16(10(2)3)17(11(4)5)13(14)7/h9-12,16H,8H2,1-7H3/b14-9+/t12-,16+/m1/s1. The zero-order chi connectivity index (χ0) is 14.7. The lowest BCUT2D eigenvalue weighted by Gasteiger charge is -2.26. The molecule has 0 fully saturated rings. The van der Waals surface area contributed by atoms with Gasteiger partial charge in [0.25, 0.3) is 0 Å². The summed E-state index contributed by atoms with van der Waals surface area (Å²) in [6.45, 7) is 15.7. The Kier molecular flexibility index (Phi) is 5.39. The van der Waals surface area contributed by atoms with Gasteiger partial charge in [-0.05, 0) is 48.7 Å². The number of allylic oxidation sites excluding steroid dienone is 3. The number of rotatable bonds is 4.